The summed E-state index contributed by atoms with van der Waals surface area (Å²) in [7, 11) is 0. The minimum atomic E-state index is -0.760. The molecular formula is C12H16O5. The molecule has 0 bridgehead atoms. The lowest BCUT2D eigenvalue weighted by Crippen LogP contribution is -2.18. The van der Waals surface area contributed by atoms with E-state index >= 15 is 0 Å². The third kappa shape index (κ3) is 5.65. The molecule has 0 aliphatic heterocycles. The highest BCUT2D eigenvalue weighted by Gasteiger charge is 2.20. The van der Waals surface area contributed by atoms with Crippen LogP contribution in [0.5, 0.6) is 0 Å². The zero-order chi connectivity index (χ0) is 13.3. The number of aldehydes is 1. The van der Waals surface area contributed by atoms with Gasteiger partial charge in [-0.3, -0.25) is 4.79 Å². The van der Waals surface area contributed by atoms with Crippen molar-refractivity contribution in [2.24, 2.45) is 0 Å². The second-order valence-corrected chi connectivity index (χ2v) is 3.05. The Morgan fingerprint density at radius 2 is 1.53 bits per heavy atom. The fourth-order valence-corrected chi connectivity index (χ4v) is 1.00. The van der Waals surface area contributed by atoms with Gasteiger partial charge in [-0.05, 0) is 38.5 Å². The van der Waals surface area contributed by atoms with Crippen molar-refractivity contribution < 1.29 is 23.9 Å². The molecular weight excluding hydrogens is 224 g/mol. The summed E-state index contributed by atoms with van der Waals surface area (Å²) in [5.41, 5.74) is 0.250. The summed E-state index contributed by atoms with van der Waals surface area (Å²) in [5.74, 6) is -1.52. The Bertz CT molecular complexity index is 332. The number of carbonyl (C=O) groups is 3. The van der Waals surface area contributed by atoms with Crippen LogP contribution in [0.1, 0.15) is 20.8 Å². The molecule has 0 unspecified atom stereocenters. The Morgan fingerprint density at radius 3 is 1.88 bits per heavy atom. The number of ether oxygens (including phenoxy) is 2. The van der Waals surface area contributed by atoms with Gasteiger partial charge < -0.3 is 9.47 Å². The maximum atomic E-state index is 11.5. The average molecular weight is 240 g/mol. The Kier molecular flexibility index (Phi) is 7.34. The standard InChI is InChI=1S/C12H16O5/c1-4-16-11(14)10(12(15)17-5-2)8-9(3)6-7-13/h6-8H,4-5H2,1-3H3/b9-6+. The first-order valence-electron chi connectivity index (χ1n) is 5.24. The van der Waals surface area contributed by atoms with Gasteiger partial charge in [-0.15, -0.1) is 0 Å². The van der Waals surface area contributed by atoms with Crippen LogP contribution >= 0.6 is 0 Å². The van der Waals surface area contributed by atoms with Crippen LogP contribution < -0.4 is 0 Å². The van der Waals surface area contributed by atoms with Crippen molar-refractivity contribution in [1.82, 2.24) is 0 Å². The molecule has 0 heterocycles. The molecule has 0 saturated carbocycles. The van der Waals surface area contributed by atoms with E-state index in [-0.39, 0.29) is 18.8 Å². The molecule has 0 rings (SSSR count). The number of carbonyl (C=O) groups excluding carboxylic acids is 3. The molecule has 0 spiro atoms. The lowest BCUT2D eigenvalue weighted by atomic mass is 10.1. The van der Waals surface area contributed by atoms with Gasteiger partial charge in [0, 0.05) is 0 Å². The summed E-state index contributed by atoms with van der Waals surface area (Å²) in [6.45, 7) is 5.18. The molecule has 0 radical (unpaired) electrons. The highest BCUT2D eigenvalue weighted by molar-refractivity contribution is 6.14. The Hall–Kier alpha value is -1.91. The van der Waals surface area contributed by atoms with Gasteiger partial charge in [0.25, 0.3) is 0 Å². The van der Waals surface area contributed by atoms with Crippen molar-refractivity contribution in [2.45, 2.75) is 20.8 Å². The van der Waals surface area contributed by atoms with Gasteiger partial charge in [-0.2, -0.15) is 0 Å². The molecule has 0 aliphatic carbocycles. The first kappa shape index (κ1) is 15.1. The van der Waals surface area contributed by atoms with Gasteiger partial charge in [0.05, 0.1) is 13.2 Å². The highest BCUT2D eigenvalue weighted by atomic mass is 16.6. The molecule has 0 fully saturated rings. The number of esters is 2. The molecule has 5 nitrogen and oxygen atoms in total. The molecule has 0 N–H and O–H groups in total. The van der Waals surface area contributed by atoms with Crippen molar-refractivity contribution in [3.63, 3.8) is 0 Å². The first-order chi connectivity index (χ1) is 8.06. The molecule has 0 aliphatic rings. The first-order valence-corrected chi connectivity index (χ1v) is 5.24. The van der Waals surface area contributed by atoms with Crippen molar-refractivity contribution in [3.8, 4) is 0 Å². The minimum Gasteiger partial charge on any atom is -0.462 e. The van der Waals surface area contributed by atoms with Gasteiger partial charge >= 0.3 is 11.9 Å². The van der Waals surface area contributed by atoms with Crippen LogP contribution in [0.25, 0.3) is 0 Å². The van der Waals surface area contributed by atoms with Gasteiger partial charge in [-0.25, -0.2) is 9.59 Å². The van der Waals surface area contributed by atoms with Gasteiger partial charge in [0.2, 0.25) is 0 Å². The third-order valence-corrected chi connectivity index (χ3v) is 1.69. The van der Waals surface area contributed by atoms with E-state index < -0.39 is 11.9 Å². The fraction of sp³-hybridized carbons (Fsp3) is 0.417. The number of hydrogen-bond acceptors (Lipinski definition) is 5. The van der Waals surface area contributed by atoms with Crippen LogP contribution in [-0.4, -0.2) is 31.4 Å². The normalized spacial score (nSPS) is 10.4. The Labute approximate surface area is 100 Å². The predicted octanol–water partition coefficient (Wildman–Crippen LogP) is 1.18. The SMILES string of the molecule is CCOC(=O)C(=C/C(C)=C/C=O)C(=O)OCC. The van der Waals surface area contributed by atoms with Gasteiger partial charge in [-0.1, -0.05) is 0 Å². The van der Waals surface area contributed by atoms with Gasteiger partial charge in [0.15, 0.2) is 0 Å². The van der Waals surface area contributed by atoms with E-state index in [9.17, 15) is 14.4 Å². The molecule has 0 aromatic carbocycles. The van der Waals surface area contributed by atoms with Crippen LogP contribution in [0.15, 0.2) is 23.3 Å². The summed E-state index contributed by atoms with van der Waals surface area (Å²) < 4.78 is 9.45. The molecule has 0 aromatic heterocycles. The van der Waals surface area contributed by atoms with E-state index in [1.165, 1.54) is 12.2 Å². The summed E-state index contributed by atoms with van der Waals surface area (Å²) >= 11 is 0. The summed E-state index contributed by atoms with van der Waals surface area (Å²) in [6.07, 6.45) is 3.07. The summed E-state index contributed by atoms with van der Waals surface area (Å²) in [5, 5.41) is 0. The van der Waals surface area contributed by atoms with Crippen LogP contribution in [0.2, 0.25) is 0 Å². The Morgan fingerprint density at radius 1 is 1.06 bits per heavy atom. The minimum absolute atomic E-state index is 0.159. The van der Waals surface area contributed by atoms with Crippen molar-refractivity contribution in [1.29, 1.82) is 0 Å². The lowest BCUT2D eigenvalue weighted by Gasteiger charge is -2.06. The maximum absolute atomic E-state index is 11.5. The van der Waals surface area contributed by atoms with Crippen LogP contribution in [0.3, 0.4) is 0 Å². The van der Waals surface area contributed by atoms with E-state index in [0.29, 0.717) is 11.9 Å². The summed E-state index contributed by atoms with van der Waals surface area (Å²) in [4.78, 5) is 33.2. The van der Waals surface area contributed by atoms with Crippen LogP contribution in [0.4, 0.5) is 0 Å². The number of rotatable bonds is 6. The second-order valence-electron chi connectivity index (χ2n) is 3.05. The molecule has 94 valence electrons. The van der Waals surface area contributed by atoms with E-state index in [0.717, 1.165) is 0 Å². The average Bonchev–Trinajstić information content (AvgIpc) is 2.26. The van der Waals surface area contributed by atoms with Crippen LogP contribution in [-0.2, 0) is 23.9 Å². The molecule has 0 saturated heterocycles. The van der Waals surface area contributed by atoms with Crippen LogP contribution in [0, 0.1) is 0 Å². The van der Waals surface area contributed by atoms with Gasteiger partial charge in [0.1, 0.15) is 11.9 Å². The molecule has 0 amide bonds. The largest absolute Gasteiger partial charge is 0.462 e. The zero-order valence-electron chi connectivity index (χ0n) is 10.2. The third-order valence-electron chi connectivity index (χ3n) is 1.69. The quantitative estimate of drug-likeness (QED) is 0.174. The maximum Gasteiger partial charge on any atom is 0.345 e. The second kappa shape index (κ2) is 8.27. The van der Waals surface area contributed by atoms with Crippen molar-refractivity contribution in [3.05, 3.63) is 23.3 Å². The number of allylic oxidation sites excluding steroid dienone is 3. The zero-order valence-corrected chi connectivity index (χ0v) is 10.2. The highest BCUT2D eigenvalue weighted by Crippen LogP contribution is 2.07. The van der Waals surface area contributed by atoms with E-state index in [2.05, 4.69) is 0 Å². The van der Waals surface area contributed by atoms with E-state index in [1.807, 2.05) is 0 Å². The number of hydrogen-bond donors (Lipinski definition) is 0. The fourth-order valence-electron chi connectivity index (χ4n) is 1.00. The Balaban J connectivity index is 5.09. The molecule has 17 heavy (non-hydrogen) atoms. The topological polar surface area (TPSA) is 69.7 Å². The van der Waals surface area contributed by atoms with E-state index in [1.54, 1.807) is 20.8 Å². The molecule has 5 heteroatoms. The van der Waals surface area contributed by atoms with E-state index in [4.69, 9.17) is 9.47 Å². The van der Waals surface area contributed by atoms with Crippen molar-refractivity contribution >= 4 is 18.2 Å². The predicted molar refractivity (Wildman–Crippen MR) is 61.2 cm³/mol. The lowest BCUT2D eigenvalue weighted by molar-refractivity contribution is -0.146. The molecule has 0 aromatic rings. The van der Waals surface area contributed by atoms with Crippen molar-refractivity contribution in [2.75, 3.05) is 13.2 Å². The summed E-state index contributed by atoms with van der Waals surface area (Å²) in [6, 6.07) is 0. The molecule has 0 atom stereocenters. The smallest absolute Gasteiger partial charge is 0.345 e. The monoisotopic (exact) mass is 240 g/mol.